The van der Waals surface area contributed by atoms with Gasteiger partial charge in [0.15, 0.2) is 46.8 Å². The van der Waals surface area contributed by atoms with E-state index in [2.05, 4.69) is 73.9 Å². The van der Waals surface area contributed by atoms with Crippen LogP contribution in [0.15, 0.2) is 269 Å². The molecule has 0 aliphatic carbocycles. The van der Waals surface area contributed by atoms with Gasteiger partial charge in [0.1, 0.15) is 110 Å². The topological polar surface area (TPSA) is 953 Å². The van der Waals surface area contributed by atoms with Gasteiger partial charge in [-0.15, -0.1) is 40.9 Å². The molecular formula is C78H81N15O42S12. The van der Waals surface area contributed by atoms with Gasteiger partial charge in [0.2, 0.25) is 0 Å². The van der Waals surface area contributed by atoms with Crippen LogP contribution in [0.3, 0.4) is 0 Å². The number of aromatic hydroxyl groups is 3. The van der Waals surface area contributed by atoms with Crippen molar-refractivity contribution < 1.29 is 186 Å². The zero-order valence-corrected chi connectivity index (χ0v) is 85.0. The van der Waals surface area contributed by atoms with E-state index in [0.717, 1.165) is 120 Å². The van der Waals surface area contributed by atoms with Crippen LogP contribution in [0.4, 0.5) is 85.3 Å². The lowest BCUT2D eigenvalue weighted by molar-refractivity contribution is 0.282. The molecule has 0 aromatic heterocycles. The minimum atomic E-state index is -5.15. The Labute approximate surface area is 838 Å². The van der Waals surface area contributed by atoms with E-state index in [1.54, 1.807) is 62.4 Å². The predicted molar refractivity (Wildman–Crippen MR) is 527 cm³/mol. The minimum absolute atomic E-state index is 0.0502. The van der Waals surface area contributed by atoms with Crippen molar-refractivity contribution >= 4 is 241 Å². The zero-order chi connectivity index (χ0) is 110. The number of fused-ring (bicyclic) bond motifs is 3. The molecule has 0 atom stereocenters. The average molecular weight is 2290 g/mol. The summed E-state index contributed by atoms with van der Waals surface area (Å²) in [5, 5.41) is 78.2. The SMILES string of the molecule is COc1cc(N=Nc2c(S(O)(O)O)cc3cc(S(=O)(=O)O)c(N=Nc4ccc(S(=O)(=O)CCOS(=O)(=O)O)cc4)c(N)c3c2O)c(OC)cc1C.COc1ccc(C)cc1N=Nc1c(S(O)(O)O)cc2cc(S(=O)(=O)O)c(N=Nc3ccc(S(=O)(=O)CCOS(=O)(=O)O)cc3)c(N)c2c1O.Cc1ccc(N=Nc2c(S(O)(O)O)cc3cc(S(=O)(=O)O)c(N=Nc4ccc(S(=O)(=O)CCOS(=O)(=O)O)cc4)c(N)c3c2O)cc1. The van der Waals surface area contributed by atoms with E-state index < -0.39 is 259 Å². The molecule has 0 radical (unpaired) electrons. The van der Waals surface area contributed by atoms with Gasteiger partial charge in [0.05, 0.1) is 144 Å². The number of phenols is 3. The monoisotopic (exact) mass is 2280 g/mol. The molecule has 792 valence electrons. The number of aryl methyl sites for hydroxylation is 3. The summed E-state index contributed by atoms with van der Waals surface area (Å²) in [4.78, 5) is -6.05. The smallest absolute Gasteiger partial charge is 0.397 e. The van der Waals surface area contributed by atoms with Crippen molar-refractivity contribution in [3.05, 3.63) is 180 Å². The number of nitrogens with two attached hydrogens (primary N) is 3. The third kappa shape index (κ3) is 29.6. The summed E-state index contributed by atoms with van der Waals surface area (Å²) in [6.07, 6.45) is 0. The van der Waals surface area contributed by atoms with Gasteiger partial charge >= 0.3 is 31.2 Å². The van der Waals surface area contributed by atoms with Crippen LogP contribution in [-0.4, -0.2) is 218 Å². The Balaban J connectivity index is 0.000000226. The summed E-state index contributed by atoms with van der Waals surface area (Å²) in [5.41, 5.74) is 15.4. The molecule has 0 unspecified atom stereocenters. The van der Waals surface area contributed by atoms with Crippen LogP contribution in [0.25, 0.3) is 32.3 Å². The Morgan fingerprint density at radius 2 is 0.510 bits per heavy atom. The number of nitrogens with zero attached hydrogens (tertiary/aromatic N) is 12. The first-order chi connectivity index (χ1) is 67.9. The van der Waals surface area contributed by atoms with E-state index in [9.17, 15) is 146 Å². The molecule has 0 saturated carbocycles. The summed E-state index contributed by atoms with van der Waals surface area (Å²) in [6.45, 7) is 2.70. The second-order valence-corrected chi connectivity index (χ2v) is 48.0. The van der Waals surface area contributed by atoms with Crippen molar-refractivity contribution in [2.24, 2.45) is 61.4 Å². The lowest BCUT2D eigenvalue weighted by atomic mass is 10.1. The molecule has 0 aliphatic rings. The predicted octanol–water partition coefficient (Wildman–Crippen LogP) is 17.1. The summed E-state index contributed by atoms with van der Waals surface area (Å²) in [7, 11) is -52.0. The largest absolute Gasteiger partial charge is 0.505 e. The van der Waals surface area contributed by atoms with Crippen LogP contribution in [-0.2, 0) is 104 Å². The van der Waals surface area contributed by atoms with Crippen molar-refractivity contribution in [3.8, 4) is 34.5 Å². The van der Waals surface area contributed by atoms with E-state index in [1.165, 1.54) is 27.4 Å². The molecule has 0 heterocycles. The van der Waals surface area contributed by atoms with Crippen LogP contribution in [0, 0.1) is 20.8 Å². The molecule has 12 rings (SSSR count). The lowest BCUT2D eigenvalue weighted by Crippen LogP contribution is -2.15. The number of hydrogen-bond donors (Lipinski definition) is 21. The molecule has 69 heteroatoms. The van der Waals surface area contributed by atoms with Gasteiger partial charge in [-0.1, -0.05) is 23.8 Å². The Bertz CT molecular complexity index is 8530. The maximum Gasteiger partial charge on any atom is 0.397 e. The third-order valence-corrected chi connectivity index (χ3v) is 31.4. The van der Waals surface area contributed by atoms with E-state index in [4.69, 9.17) is 45.1 Å². The van der Waals surface area contributed by atoms with Gasteiger partial charge in [0.25, 0.3) is 30.4 Å². The molecule has 147 heavy (non-hydrogen) atoms. The molecule has 0 spiro atoms. The highest BCUT2D eigenvalue weighted by Gasteiger charge is 2.35. The van der Waals surface area contributed by atoms with E-state index in [0.29, 0.717) is 11.3 Å². The van der Waals surface area contributed by atoms with Crippen molar-refractivity contribution in [2.75, 3.05) is 75.6 Å². The Hall–Kier alpha value is -12.9. The molecule has 0 amide bonds. The highest BCUT2D eigenvalue weighted by atomic mass is 32.3. The second kappa shape index (κ2) is 45.0. The van der Waals surface area contributed by atoms with Gasteiger partial charge in [-0.3, -0.25) is 27.3 Å². The summed E-state index contributed by atoms with van der Waals surface area (Å²) in [6, 6.07) is 32.4. The second-order valence-electron chi connectivity index (χ2n) is 29.8. The maximum atomic E-state index is 12.5. The lowest BCUT2D eigenvalue weighted by Gasteiger charge is -2.23. The number of methoxy groups -OCH3 is 3. The molecule has 12 aromatic rings. The highest BCUT2D eigenvalue weighted by molar-refractivity contribution is 8.20. The number of ether oxygens (including phenoxy) is 3. The van der Waals surface area contributed by atoms with Crippen molar-refractivity contribution in [1.82, 2.24) is 0 Å². The van der Waals surface area contributed by atoms with E-state index in [1.807, 2.05) is 6.92 Å². The molecule has 0 bridgehead atoms. The quantitative estimate of drug-likeness (QED) is 0.00985. The molecule has 57 nitrogen and oxygen atoms in total. The Morgan fingerprint density at radius 1 is 0.265 bits per heavy atom. The molecule has 0 aliphatic heterocycles. The van der Waals surface area contributed by atoms with Gasteiger partial charge < -0.3 is 87.7 Å². The van der Waals surface area contributed by atoms with Crippen LogP contribution in [0.5, 0.6) is 34.5 Å². The van der Waals surface area contributed by atoms with E-state index >= 15 is 0 Å². The summed E-state index contributed by atoms with van der Waals surface area (Å²) < 4.78 is 388. The van der Waals surface area contributed by atoms with Crippen LogP contribution in [0.2, 0.25) is 0 Å². The van der Waals surface area contributed by atoms with Gasteiger partial charge in [-0.2, -0.15) is 71.0 Å². The minimum Gasteiger partial charge on any atom is -0.505 e. The first-order valence-corrected chi connectivity index (χ1v) is 57.3. The Kier molecular flexibility index (Phi) is 35.5. The van der Waals surface area contributed by atoms with Crippen molar-refractivity contribution in [2.45, 2.75) is 64.8 Å². The van der Waals surface area contributed by atoms with Crippen molar-refractivity contribution in [3.63, 3.8) is 0 Å². The number of rotatable bonds is 36. The molecule has 0 fully saturated rings. The van der Waals surface area contributed by atoms with Crippen molar-refractivity contribution in [1.29, 1.82) is 0 Å². The fraction of sp³-hybridized carbons (Fsp3) is 0.154. The zero-order valence-electron chi connectivity index (χ0n) is 75.2. The number of hydrogen-bond acceptors (Lipinski definition) is 51. The molecule has 12 aromatic carbocycles. The third-order valence-electron chi connectivity index (χ3n) is 19.6. The fourth-order valence-corrected chi connectivity index (χ4v) is 21.4. The molecular weight excluding hydrogens is 2200 g/mol. The van der Waals surface area contributed by atoms with E-state index in [-0.39, 0.29) is 92.6 Å². The standard InChI is InChI=1S/C27H29N5O15S4.C26H27N5O14S4.C25H25N5O13S4/c1-14-10-20(46-3)18(13-19(14)45-2)30-32-26-22(50(39,40)41)12-15-11-21(49(36,37)38)25(24(28)23(15)27(26)33)31-29-16-4-6-17(7-5-16)48(34,35)9-8-47-51(42,43)44;1-14-3-8-19(44-2)18(11-14)29-31-25-21(48(38,39)40)13-15-12-20(47(35,36)37)24(23(27)22(15)26(25)32)30-28-16-4-6-17(7-5-16)46(33,34)10-9-45-49(41,42)43;1-14-2-4-16(5-3-14)28-30-24-20(46(37,38)39)13-15-12-19(45(34,35)36)23(22(26)21(15)25(24)31)29-27-17-6-8-18(9-7-17)44(32,33)11-10-43-47(40,41)42/h4-7,10-13,33,39-41H,8-9,28H2,1-3H3,(H,36,37,38)(H,42,43,44);3-8,11-13,32,38-40H,9-10,27H2,1-2H3,(H,35,36,37)(H,41,42,43);2-9,12-13,31,37-39H,10-11,26H2,1H3,(H,34,35,36)(H,40,41,42). The Morgan fingerprint density at radius 3 is 0.769 bits per heavy atom. The number of azo groups is 6. The van der Waals surface area contributed by atoms with Crippen LogP contribution < -0.4 is 31.4 Å². The summed E-state index contributed by atoms with van der Waals surface area (Å²) in [5.74, 6) is -4.30. The first kappa shape index (κ1) is 116. The summed E-state index contributed by atoms with van der Waals surface area (Å²) >= 11 is 0. The van der Waals surface area contributed by atoms with Gasteiger partial charge in [-0.25, -0.2) is 37.8 Å². The number of anilines is 3. The highest BCUT2D eigenvalue weighted by Crippen LogP contribution is 2.61. The van der Waals surface area contributed by atoms with Crippen LogP contribution in [0.1, 0.15) is 16.7 Å². The van der Waals surface area contributed by atoms with Gasteiger partial charge in [-0.05, 0) is 188 Å². The number of benzene rings is 12. The molecule has 0 saturated heterocycles. The fourth-order valence-electron chi connectivity index (χ4n) is 12.9. The van der Waals surface area contributed by atoms with Gasteiger partial charge in [0, 0.05) is 6.07 Å². The normalized spacial score (nSPS) is 13.4. The number of phenolic OH excluding ortho intramolecular Hbond substituents is 3. The average Bonchev–Trinajstić information content (AvgIpc) is 0.744. The van der Waals surface area contributed by atoms with Crippen LogP contribution >= 0.6 is 32.6 Å². The molecule has 24 N–H and O–H groups in total. The first-order valence-electron chi connectivity index (χ1n) is 39.5. The number of nitrogen functional groups attached to an aromatic ring is 3. The maximum absolute atomic E-state index is 12.5. The number of sulfone groups is 3.